The van der Waals surface area contributed by atoms with Crippen molar-refractivity contribution >= 4 is 0 Å². The molecule has 0 amide bonds. The molecule has 0 aliphatic carbocycles. The van der Waals surface area contributed by atoms with Crippen LogP contribution in [-0.4, -0.2) is 25.3 Å². The summed E-state index contributed by atoms with van der Waals surface area (Å²) in [5, 5.41) is 3.36. The van der Waals surface area contributed by atoms with Gasteiger partial charge in [-0.2, -0.15) is 0 Å². The minimum atomic E-state index is -0.0178. The summed E-state index contributed by atoms with van der Waals surface area (Å²) in [5.74, 6) is 0. The van der Waals surface area contributed by atoms with Crippen LogP contribution in [0.3, 0.4) is 0 Å². The maximum atomic E-state index is 5.44. The van der Waals surface area contributed by atoms with Gasteiger partial charge >= 0.3 is 0 Å². The summed E-state index contributed by atoms with van der Waals surface area (Å²) in [5.41, 5.74) is -0.0178. The Kier molecular flexibility index (Phi) is 4.69. The average molecular weight is 159 g/mol. The molecule has 0 aliphatic heterocycles. The Morgan fingerprint density at radius 3 is 2.27 bits per heavy atom. The van der Waals surface area contributed by atoms with Crippen LogP contribution in [0.15, 0.2) is 0 Å². The molecule has 2 atom stereocenters. The Morgan fingerprint density at radius 1 is 1.45 bits per heavy atom. The fourth-order valence-corrected chi connectivity index (χ4v) is 1.15. The number of hydrogen-bond donors (Lipinski definition) is 1. The number of likely N-dealkylation sites (N-methyl/N-ethyl adjacent to an activating group) is 1. The van der Waals surface area contributed by atoms with Crippen molar-refractivity contribution in [1.29, 1.82) is 0 Å². The van der Waals surface area contributed by atoms with Crippen LogP contribution in [0.5, 0.6) is 0 Å². The molecule has 0 aromatic carbocycles. The van der Waals surface area contributed by atoms with E-state index < -0.39 is 0 Å². The van der Waals surface area contributed by atoms with E-state index in [1.54, 1.807) is 7.11 Å². The highest BCUT2D eigenvalue weighted by atomic mass is 16.5. The summed E-state index contributed by atoms with van der Waals surface area (Å²) in [6.07, 6.45) is 1.04. The lowest BCUT2D eigenvalue weighted by Crippen LogP contribution is -2.47. The highest BCUT2D eigenvalue weighted by Crippen LogP contribution is 2.18. The van der Waals surface area contributed by atoms with Crippen LogP contribution in [0.2, 0.25) is 0 Å². The van der Waals surface area contributed by atoms with Crippen molar-refractivity contribution in [3.05, 3.63) is 0 Å². The van der Waals surface area contributed by atoms with Crippen LogP contribution < -0.4 is 5.32 Å². The summed E-state index contributed by atoms with van der Waals surface area (Å²) >= 11 is 0. The van der Waals surface area contributed by atoms with Gasteiger partial charge in [0.25, 0.3) is 0 Å². The number of methoxy groups -OCH3 is 1. The van der Waals surface area contributed by atoms with E-state index in [0.29, 0.717) is 6.04 Å². The second-order valence-electron chi connectivity index (χ2n) is 3.15. The summed E-state index contributed by atoms with van der Waals surface area (Å²) in [4.78, 5) is 0. The topological polar surface area (TPSA) is 21.3 Å². The summed E-state index contributed by atoms with van der Waals surface area (Å²) in [6, 6.07) is 0.419. The Bertz CT molecular complexity index is 99.7. The van der Waals surface area contributed by atoms with Gasteiger partial charge in [0.2, 0.25) is 0 Å². The quantitative estimate of drug-likeness (QED) is 0.660. The zero-order valence-corrected chi connectivity index (χ0v) is 8.40. The van der Waals surface area contributed by atoms with E-state index in [1.807, 2.05) is 0 Å². The molecule has 0 radical (unpaired) electrons. The minimum absolute atomic E-state index is 0.0178. The summed E-state index contributed by atoms with van der Waals surface area (Å²) in [7, 11) is 1.78. The zero-order valence-electron chi connectivity index (χ0n) is 8.40. The van der Waals surface area contributed by atoms with Crippen LogP contribution in [0.25, 0.3) is 0 Å². The standard InChI is InChI=1S/C9H21NO/c1-6-9(4,11-5)8(3)10-7-2/h8,10H,6-7H2,1-5H3. The fraction of sp³-hybridized carbons (Fsp3) is 1.00. The highest BCUT2D eigenvalue weighted by Gasteiger charge is 2.27. The monoisotopic (exact) mass is 159 g/mol. The van der Waals surface area contributed by atoms with Gasteiger partial charge in [0.05, 0.1) is 5.60 Å². The van der Waals surface area contributed by atoms with Gasteiger partial charge in [-0.3, -0.25) is 0 Å². The molecule has 2 nitrogen and oxygen atoms in total. The number of hydrogen-bond acceptors (Lipinski definition) is 2. The largest absolute Gasteiger partial charge is 0.377 e. The first kappa shape index (κ1) is 10.9. The van der Waals surface area contributed by atoms with E-state index in [4.69, 9.17) is 4.74 Å². The van der Waals surface area contributed by atoms with Crippen molar-refractivity contribution in [3.8, 4) is 0 Å². The maximum Gasteiger partial charge on any atom is 0.0797 e. The molecular formula is C9H21NO. The van der Waals surface area contributed by atoms with E-state index >= 15 is 0 Å². The van der Waals surface area contributed by atoms with E-state index in [0.717, 1.165) is 13.0 Å². The van der Waals surface area contributed by atoms with Gasteiger partial charge in [0.15, 0.2) is 0 Å². The van der Waals surface area contributed by atoms with E-state index in [-0.39, 0.29) is 5.60 Å². The summed E-state index contributed by atoms with van der Waals surface area (Å²) < 4.78 is 5.44. The van der Waals surface area contributed by atoms with Gasteiger partial charge in [-0.1, -0.05) is 13.8 Å². The molecule has 0 aromatic rings. The lowest BCUT2D eigenvalue weighted by Gasteiger charge is -2.33. The van der Waals surface area contributed by atoms with Gasteiger partial charge < -0.3 is 10.1 Å². The maximum absolute atomic E-state index is 5.44. The Balaban J connectivity index is 4.00. The Morgan fingerprint density at radius 2 is 2.00 bits per heavy atom. The minimum Gasteiger partial charge on any atom is -0.377 e. The third-order valence-corrected chi connectivity index (χ3v) is 2.59. The van der Waals surface area contributed by atoms with Gasteiger partial charge in [-0.05, 0) is 26.8 Å². The molecule has 0 saturated heterocycles. The highest BCUT2D eigenvalue weighted by molar-refractivity contribution is 4.84. The van der Waals surface area contributed by atoms with Crippen molar-refractivity contribution in [2.45, 2.75) is 45.8 Å². The van der Waals surface area contributed by atoms with E-state index in [9.17, 15) is 0 Å². The molecule has 0 rings (SSSR count). The molecule has 0 aromatic heterocycles. The second-order valence-corrected chi connectivity index (χ2v) is 3.15. The van der Waals surface area contributed by atoms with E-state index in [2.05, 4.69) is 33.0 Å². The zero-order chi connectivity index (χ0) is 8.91. The molecule has 2 heteroatoms. The van der Waals surface area contributed by atoms with Gasteiger partial charge in [-0.15, -0.1) is 0 Å². The normalized spacial score (nSPS) is 19.4. The molecule has 68 valence electrons. The third kappa shape index (κ3) is 2.80. The predicted octanol–water partition coefficient (Wildman–Crippen LogP) is 1.80. The third-order valence-electron chi connectivity index (χ3n) is 2.59. The van der Waals surface area contributed by atoms with E-state index in [1.165, 1.54) is 0 Å². The SMILES string of the molecule is CCNC(C)C(C)(CC)OC. The predicted molar refractivity (Wildman–Crippen MR) is 48.8 cm³/mol. The first-order valence-electron chi connectivity index (χ1n) is 4.39. The molecule has 1 N–H and O–H groups in total. The molecule has 0 aliphatic rings. The van der Waals surface area contributed by atoms with Crippen molar-refractivity contribution in [3.63, 3.8) is 0 Å². The lowest BCUT2D eigenvalue weighted by molar-refractivity contribution is -0.0234. The van der Waals surface area contributed by atoms with Crippen LogP contribution in [0, 0.1) is 0 Å². The lowest BCUT2D eigenvalue weighted by atomic mass is 9.94. The van der Waals surface area contributed by atoms with Crippen LogP contribution in [-0.2, 0) is 4.74 Å². The van der Waals surface area contributed by atoms with Crippen molar-refractivity contribution in [2.75, 3.05) is 13.7 Å². The number of rotatable bonds is 5. The average Bonchev–Trinajstić information content (AvgIpc) is 2.03. The van der Waals surface area contributed by atoms with Gasteiger partial charge in [0, 0.05) is 13.2 Å². The molecule has 0 spiro atoms. The van der Waals surface area contributed by atoms with Crippen LogP contribution in [0.1, 0.15) is 34.1 Å². The summed E-state index contributed by atoms with van der Waals surface area (Å²) in [6.45, 7) is 9.57. The first-order chi connectivity index (χ1) is 5.10. The molecular weight excluding hydrogens is 138 g/mol. The number of ether oxygens (including phenoxy) is 1. The molecule has 11 heavy (non-hydrogen) atoms. The van der Waals surface area contributed by atoms with Gasteiger partial charge in [0.1, 0.15) is 0 Å². The van der Waals surface area contributed by atoms with Crippen LogP contribution >= 0.6 is 0 Å². The molecule has 2 unspecified atom stereocenters. The smallest absolute Gasteiger partial charge is 0.0797 e. The van der Waals surface area contributed by atoms with Gasteiger partial charge in [-0.25, -0.2) is 0 Å². The fourth-order valence-electron chi connectivity index (χ4n) is 1.15. The Labute approximate surface area is 70.3 Å². The van der Waals surface area contributed by atoms with Crippen molar-refractivity contribution < 1.29 is 4.74 Å². The number of nitrogens with one attached hydrogen (secondary N) is 1. The second kappa shape index (κ2) is 4.73. The van der Waals surface area contributed by atoms with Crippen molar-refractivity contribution in [2.24, 2.45) is 0 Å². The Hall–Kier alpha value is -0.0800. The van der Waals surface area contributed by atoms with Crippen LogP contribution in [0.4, 0.5) is 0 Å². The molecule has 0 heterocycles. The molecule has 0 saturated carbocycles. The molecule has 0 bridgehead atoms. The van der Waals surface area contributed by atoms with Crippen molar-refractivity contribution in [1.82, 2.24) is 5.32 Å². The first-order valence-corrected chi connectivity index (χ1v) is 4.39. The molecule has 0 fully saturated rings.